The summed E-state index contributed by atoms with van der Waals surface area (Å²) in [5, 5.41) is 0. The second-order valence-electron chi connectivity index (χ2n) is 6.56. The Morgan fingerprint density at radius 1 is 0.500 bits per heavy atom. The van der Waals surface area contributed by atoms with Crippen LogP contribution in [0.25, 0.3) is 0 Å². The van der Waals surface area contributed by atoms with Gasteiger partial charge in [-0.05, 0) is 12.8 Å². The summed E-state index contributed by atoms with van der Waals surface area (Å²) in [7, 11) is 0. The molecule has 138 valence electrons. The number of carbonyl (C=O) groups is 2. The van der Waals surface area contributed by atoms with E-state index < -0.39 is 0 Å². The Hall–Kier alpha value is -1.32. The Bertz CT molecular complexity index is 329. The topological polar surface area (TPSA) is 52.6 Å². The van der Waals surface area contributed by atoms with Gasteiger partial charge in [0.25, 0.3) is 0 Å². The molecule has 0 aliphatic carbocycles. The maximum absolute atomic E-state index is 11.5. The highest BCUT2D eigenvalue weighted by Crippen LogP contribution is 2.12. The summed E-state index contributed by atoms with van der Waals surface area (Å²) in [6.07, 6.45) is 18.4. The van der Waals surface area contributed by atoms with Gasteiger partial charge in [0.05, 0.1) is 26.1 Å². The first kappa shape index (κ1) is 20.7. The minimum Gasteiger partial charge on any atom is -0.465 e. The van der Waals surface area contributed by atoms with Crippen molar-refractivity contribution in [2.24, 2.45) is 0 Å². The first-order valence-electron chi connectivity index (χ1n) is 9.75. The molecule has 0 aromatic carbocycles. The fourth-order valence-electron chi connectivity index (χ4n) is 2.82. The molecule has 0 N–H and O–H groups in total. The van der Waals surface area contributed by atoms with Crippen LogP contribution in [0.3, 0.4) is 0 Å². The number of hydrogen-bond donors (Lipinski definition) is 0. The van der Waals surface area contributed by atoms with Crippen molar-refractivity contribution in [3.05, 3.63) is 12.2 Å². The van der Waals surface area contributed by atoms with E-state index in [1.165, 1.54) is 51.4 Å². The normalized spacial score (nSPS) is 23.2. The molecule has 0 radical (unpaired) electrons. The van der Waals surface area contributed by atoms with Gasteiger partial charge in [-0.3, -0.25) is 9.59 Å². The number of cyclic esters (lactones) is 2. The SMILES string of the molecule is O=C1C/C=C\CC(=O)OCCCCCCCCCCCCCCO1. The minimum atomic E-state index is -0.221. The second-order valence-corrected chi connectivity index (χ2v) is 6.56. The monoisotopic (exact) mass is 338 g/mol. The average molecular weight is 338 g/mol. The number of carbonyl (C=O) groups excluding carboxylic acids is 2. The van der Waals surface area contributed by atoms with Crippen LogP contribution in [0.5, 0.6) is 0 Å². The molecule has 24 heavy (non-hydrogen) atoms. The fourth-order valence-corrected chi connectivity index (χ4v) is 2.82. The predicted octanol–water partition coefficient (Wildman–Crippen LogP) is 5.10. The van der Waals surface area contributed by atoms with Crippen molar-refractivity contribution in [1.82, 2.24) is 0 Å². The van der Waals surface area contributed by atoms with Crippen molar-refractivity contribution in [1.29, 1.82) is 0 Å². The summed E-state index contributed by atoms with van der Waals surface area (Å²) in [6, 6.07) is 0. The molecule has 0 aromatic rings. The van der Waals surface area contributed by atoms with Crippen molar-refractivity contribution < 1.29 is 19.1 Å². The Labute approximate surface area is 147 Å². The number of hydrogen-bond acceptors (Lipinski definition) is 4. The largest absolute Gasteiger partial charge is 0.465 e. The van der Waals surface area contributed by atoms with E-state index >= 15 is 0 Å². The smallest absolute Gasteiger partial charge is 0.309 e. The van der Waals surface area contributed by atoms with Crippen LogP contribution in [0.4, 0.5) is 0 Å². The van der Waals surface area contributed by atoms with Crippen LogP contribution in [0, 0.1) is 0 Å². The van der Waals surface area contributed by atoms with Gasteiger partial charge in [0.1, 0.15) is 0 Å². The number of ether oxygens (including phenoxy) is 2. The van der Waals surface area contributed by atoms with Crippen LogP contribution in [-0.4, -0.2) is 25.2 Å². The van der Waals surface area contributed by atoms with E-state index in [0.29, 0.717) is 13.2 Å². The van der Waals surface area contributed by atoms with Crippen molar-refractivity contribution in [2.75, 3.05) is 13.2 Å². The highest BCUT2D eigenvalue weighted by Gasteiger charge is 2.02. The minimum absolute atomic E-state index is 0.221. The lowest BCUT2D eigenvalue weighted by Crippen LogP contribution is -2.05. The zero-order chi connectivity index (χ0) is 17.3. The second kappa shape index (κ2) is 15.2. The van der Waals surface area contributed by atoms with Gasteiger partial charge in [-0.2, -0.15) is 0 Å². The van der Waals surface area contributed by atoms with E-state index in [1.807, 2.05) is 0 Å². The van der Waals surface area contributed by atoms with Crippen molar-refractivity contribution in [3.8, 4) is 0 Å². The Morgan fingerprint density at radius 2 is 0.792 bits per heavy atom. The lowest BCUT2D eigenvalue weighted by atomic mass is 10.1. The summed E-state index contributed by atoms with van der Waals surface area (Å²) in [5.41, 5.74) is 0. The standard InChI is InChI=1S/C20H34O4/c21-19-15-11-12-16-20(22)24-18-14-10-8-6-4-2-1-3-5-7-9-13-17-23-19/h11-12H,1-10,13-18H2/b12-11-. The van der Waals surface area contributed by atoms with Crippen LogP contribution in [0.15, 0.2) is 12.2 Å². The van der Waals surface area contributed by atoms with E-state index in [2.05, 4.69) is 0 Å². The van der Waals surface area contributed by atoms with Crippen molar-refractivity contribution in [2.45, 2.75) is 89.9 Å². The molecule has 0 fully saturated rings. The van der Waals surface area contributed by atoms with E-state index in [-0.39, 0.29) is 24.8 Å². The third-order valence-electron chi connectivity index (χ3n) is 4.30. The lowest BCUT2D eigenvalue weighted by molar-refractivity contribution is -0.144. The van der Waals surface area contributed by atoms with Gasteiger partial charge in [0.2, 0.25) is 0 Å². The van der Waals surface area contributed by atoms with E-state index in [4.69, 9.17) is 9.47 Å². The third kappa shape index (κ3) is 13.1. The molecule has 0 saturated heterocycles. The van der Waals surface area contributed by atoms with E-state index in [0.717, 1.165) is 25.7 Å². The van der Waals surface area contributed by atoms with Gasteiger partial charge in [-0.25, -0.2) is 0 Å². The third-order valence-corrected chi connectivity index (χ3v) is 4.30. The van der Waals surface area contributed by atoms with Crippen molar-refractivity contribution in [3.63, 3.8) is 0 Å². The molecule has 0 amide bonds. The van der Waals surface area contributed by atoms with E-state index in [1.54, 1.807) is 12.2 Å². The Balaban J connectivity index is 2.23. The van der Waals surface area contributed by atoms with Crippen LogP contribution in [0.1, 0.15) is 89.9 Å². The maximum atomic E-state index is 11.5. The zero-order valence-corrected chi connectivity index (χ0v) is 15.1. The van der Waals surface area contributed by atoms with Crippen LogP contribution >= 0.6 is 0 Å². The van der Waals surface area contributed by atoms with Crippen LogP contribution < -0.4 is 0 Å². The first-order chi connectivity index (χ1) is 11.8. The Kier molecular flexibility index (Phi) is 13.1. The molecule has 0 spiro atoms. The fraction of sp³-hybridized carbons (Fsp3) is 0.800. The van der Waals surface area contributed by atoms with Gasteiger partial charge >= 0.3 is 11.9 Å². The van der Waals surface area contributed by atoms with Crippen molar-refractivity contribution >= 4 is 11.9 Å². The summed E-state index contributed by atoms with van der Waals surface area (Å²) in [6.45, 7) is 1.02. The molecule has 1 aliphatic heterocycles. The molecule has 0 aromatic heterocycles. The summed E-state index contributed by atoms with van der Waals surface area (Å²) < 4.78 is 10.3. The summed E-state index contributed by atoms with van der Waals surface area (Å²) in [4.78, 5) is 23.0. The average Bonchev–Trinajstić information content (AvgIpc) is 2.57. The molecular weight excluding hydrogens is 304 g/mol. The molecule has 1 rings (SSSR count). The lowest BCUT2D eigenvalue weighted by Gasteiger charge is -2.05. The highest BCUT2D eigenvalue weighted by molar-refractivity contribution is 5.73. The van der Waals surface area contributed by atoms with Gasteiger partial charge in [-0.1, -0.05) is 76.4 Å². The quantitative estimate of drug-likeness (QED) is 0.455. The molecule has 0 saturated carbocycles. The summed E-state index contributed by atoms with van der Waals surface area (Å²) in [5.74, 6) is -0.441. The van der Waals surface area contributed by atoms with Crippen LogP contribution in [-0.2, 0) is 19.1 Å². The molecule has 1 heterocycles. The molecule has 0 bridgehead atoms. The van der Waals surface area contributed by atoms with Gasteiger partial charge < -0.3 is 9.47 Å². The van der Waals surface area contributed by atoms with E-state index in [9.17, 15) is 9.59 Å². The Morgan fingerprint density at radius 3 is 1.12 bits per heavy atom. The number of rotatable bonds is 0. The molecule has 4 heteroatoms. The highest BCUT2D eigenvalue weighted by atomic mass is 16.5. The first-order valence-corrected chi connectivity index (χ1v) is 9.75. The van der Waals surface area contributed by atoms with Crippen LogP contribution in [0.2, 0.25) is 0 Å². The zero-order valence-electron chi connectivity index (χ0n) is 15.1. The van der Waals surface area contributed by atoms with Gasteiger partial charge in [0, 0.05) is 0 Å². The molecule has 4 nitrogen and oxygen atoms in total. The predicted molar refractivity (Wildman–Crippen MR) is 95.7 cm³/mol. The van der Waals surface area contributed by atoms with Gasteiger partial charge in [-0.15, -0.1) is 0 Å². The molecular formula is C20H34O4. The maximum Gasteiger partial charge on any atom is 0.309 e. The molecule has 0 unspecified atom stereocenters. The number of esters is 2. The molecule has 0 atom stereocenters. The van der Waals surface area contributed by atoms with Gasteiger partial charge in [0.15, 0.2) is 0 Å². The summed E-state index contributed by atoms with van der Waals surface area (Å²) >= 11 is 0. The molecule has 1 aliphatic rings.